The minimum Gasteiger partial charge on any atom is -0.364 e. The van der Waals surface area contributed by atoms with Crippen molar-refractivity contribution in [1.29, 1.82) is 0 Å². The molecule has 1 aliphatic rings. The lowest BCUT2D eigenvalue weighted by molar-refractivity contribution is -0.137. The number of likely N-dealkylation sites (tertiary alicyclic amines) is 1. The van der Waals surface area contributed by atoms with Gasteiger partial charge in [0.1, 0.15) is 18.8 Å². The summed E-state index contributed by atoms with van der Waals surface area (Å²) in [5, 5.41) is 14.2. The normalized spacial score (nSPS) is 16.5. The maximum absolute atomic E-state index is 15.5. The Hall–Kier alpha value is -5.10. The largest absolute Gasteiger partial charge is 0.364 e. The Labute approximate surface area is 248 Å². The molecule has 0 radical (unpaired) electrons. The Balaban J connectivity index is 1.24. The molecule has 3 heterocycles. The van der Waals surface area contributed by atoms with E-state index in [0.717, 1.165) is 16.0 Å². The van der Waals surface area contributed by atoms with E-state index in [2.05, 4.69) is 20.6 Å². The second-order valence-electron chi connectivity index (χ2n) is 10.1. The fraction of sp³-hybridized carbons (Fsp3) is 0.167. The number of hydrogen-bond donors (Lipinski definition) is 3. The van der Waals surface area contributed by atoms with E-state index < -0.39 is 35.8 Å². The van der Waals surface area contributed by atoms with E-state index in [4.69, 9.17) is 17.3 Å². The molecule has 2 aromatic heterocycles. The average molecular weight is 604 g/mol. The predicted molar refractivity (Wildman–Crippen MR) is 156 cm³/mol. The number of nitrogens with two attached hydrogens (primary N) is 1. The molecular weight excluding hydrogens is 580 g/mol. The van der Waals surface area contributed by atoms with Crippen LogP contribution in [0.3, 0.4) is 0 Å². The van der Waals surface area contributed by atoms with E-state index >= 15 is 4.39 Å². The number of anilines is 1. The molecule has 2 atom stereocenters. The molecule has 3 amide bonds. The van der Waals surface area contributed by atoms with Gasteiger partial charge in [0.15, 0.2) is 11.5 Å². The molecule has 1 aliphatic heterocycles. The van der Waals surface area contributed by atoms with Crippen LogP contribution in [-0.2, 0) is 16.1 Å². The molecule has 3 aromatic carbocycles. The maximum Gasteiger partial charge on any atom is 0.269 e. The van der Waals surface area contributed by atoms with Crippen molar-refractivity contribution < 1.29 is 23.2 Å². The zero-order chi connectivity index (χ0) is 30.2. The minimum absolute atomic E-state index is 0.0406. The molecule has 1 fully saturated rings. The van der Waals surface area contributed by atoms with Crippen LogP contribution in [0, 0.1) is 5.82 Å². The highest BCUT2D eigenvalue weighted by Gasteiger charge is 2.40. The Morgan fingerprint density at radius 3 is 2.60 bits per heavy atom. The van der Waals surface area contributed by atoms with Crippen LogP contribution in [0.2, 0.25) is 5.02 Å². The number of amides is 3. The molecule has 0 spiro atoms. The molecule has 13 heteroatoms. The third kappa shape index (κ3) is 5.32. The maximum atomic E-state index is 15.5. The first-order chi connectivity index (χ1) is 20.7. The summed E-state index contributed by atoms with van der Waals surface area (Å²) in [4.78, 5) is 40.0. The number of aromatic nitrogens is 4. The number of carbonyl (C=O) groups is 3. The van der Waals surface area contributed by atoms with Crippen LogP contribution >= 0.6 is 11.6 Å². The lowest BCUT2D eigenvalue weighted by Crippen LogP contribution is -2.44. The number of nitrogens with one attached hydrogen (secondary N) is 2. The monoisotopic (exact) mass is 603 g/mol. The summed E-state index contributed by atoms with van der Waals surface area (Å²) in [5.74, 6) is -2.85. The zero-order valence-electron chi connectivity index (χ0n) is 22.4. The van der Waals surface area contributed by atoms with E-state index in [1.54, 1.807) is 60.9 Å². The Bertz CT molecular complexity index is 1880. The summed E-state index contributed by atoms with van der Waals surface area (Å²) in [7, 11) is 0. The van der Waals surface area contributed by atoms with Gasteiger partial charge in [-0.25, -0.2) is 8.78 Å². The Kier molecular flexibility index (Phi) is 7.36. The third-order valence-electron chi connectivity index (χ3n) is 7.39. The highest BCUT2D eigenvalue weighted by molar-refractivity contribution is 6.33. The highest BCUT2D eigenvalue weighted by atomic mass is 35.5. The van der Waals surface area contributed by atoms with E-state index in [9.17, 15) is 18.8 Å². The molecule has 218 valence electrons. The average Bonchev–Trinajstić information content (AvgIpc) is 3.74. The van der Waals surface area contributed by atoms with Crippen LogP contribution in [0.5, 0.6) is 0 Å². The second kappa shape index (κ2) is 11.3. The number of aromatic amines is 1. The number of hydrogen-bond acceptors (Lipinski definition) is 5. The first-order valence-corrected chi connectivity index (χ1v) is 13.7. The van der Waals surface area contributed by atoms with Crippen molar-refractivity contribution in [2.75, 3.05) is 11.9 Å². The van der Waals surface area contributed by atoms with Gasteiger partial charge < -0.3 is 16.0 Å². The number of fused-ring (bicyclic) bond motifs is 1. The molecule has 1 unspecified atom stereocenters. The van der Waals surface area contributed by atoms with Gasteiger partial charge in [0.2, 0.25) is 11.8 Å². The van der Waals surface area contributed by atoms with Crippen molar-refractivity contribution in [3.63, 3.8) is 0 Å². The topological polar surface area (TPSA) is 139 Å². The van der Waals surface area contributed by atoms with Gasteiger partial charge >= 0.3 is 0 Å². The Morgan fingerprint density at radius 2 is 1.86 bits per heavy atom. The number of benzene rings is 3. The summed E-state index contributed by atoms with van der Waals surface area (Å²) < 4.78 is 31.4. The number of alkyl halides is 1. The van der Waals surface area contributed by atoms with Crippen LogP contribution < -0.4 is 11.1 Å². The summed E-state index contributed by atoms with van der Waals surface area (Å²) in [6.07, 6.45) is 1.57. The van der Waals surface area contributed by atoms with Crippen LogP contribution in [-0.4, -0.2) is 61.4 Å². The second-order valence-corrected chi connectivity index (χ2v) is 10.5. The van der Waals surface area contributed by atoms with E-state index in [1.165, 1.54) is 16.8 Å². The standard InChI is InChI=1S/C30H24ClF2N7O3/c31-22-6-2-1-4-19(22)20-5-3-7-23(27(20)33)37-30(43)25-11-18(32)14-39(25)26(41)15-40-24-9-8-16(17-12-35-36-13-17)10-21(24)28(38-40)29(34)42/h1-10,12-13,18,25H,11,14-15H2,(H2,34,42)(H,35,36)(H,37,43)/t18-,25?/m1/s1. The summed E-state index contributed by atoms with van der Waals surface area (Å²) in [5.41, 5.74) is 7.99. The zero-order valence-corrected chi connectivity index (χ0v) is 23.2. The van der Waals surface area contributed by atoms with Crippen molar-refractivity contribution in [3.05, 3.63) is 89.6 Å². The van der Waals surface area contributed by atoms with Gasteiger partial charge in [0.25, 0.3) is 5.91 Å². The number of carbonyl (C=O) groups excluding carboxylic acids is 3. The minimum atomic E-state index is -1.47. The molecular formula is C30H24ClF2N7O3. The van der Waals surface area contributed by atoms with Gasteiger partial charge in [0, 0.05) is 39.7 Å². The number of primary amides is 1. The molecule has 6 rings (SSSR count). The first kappa shape index (κ1) is 28.0. The van der Waals surface area contributed by atoms with Gasteiger partial charge in [-0.15, -0.1) is 0 Å². The fourth-order valence-electron chi connectivity index (χ4n) is 5.33. The van der Waals surface area contributed by atoms with Gasteiger partial charge in [-0.2, -0.15) is 10.2 Å². The van der Waals surface area contributed by atoms with Crippen LogP contribution in [0.1, 0.15) is 16.9 Å². The SMILES string of the molecule is NC(=O)c1nn(CC(=O)N2C[C@H](F)CC2C(=O)Nc2cccc(-c3ccccc3Cl)c2F)c2ccc(-c3cn[nH]c3)cc12. The molecule has 4 N–H and O–H groups in total. The number of nitrogens with zero attached hydrogens (tertiary/aromatic N) is 4. The van der Waals surface area contributed by atoms with Crippen molar-refractivity contribution >= 4 is 45.9 Å². The molecule has 0 aliphatic carbocycles. The molecule has 43 heavy (non-hydrogen) atoms. The first-order valence-electron chi connectivity index (χ1n) is 13.3. The van der Waals surface area contributed by atoms with Gasteiger partial charge in [-0.3, -0.25) is 24.2 Å². The van der Waals surface area contributed by atoms with Gasteiger partial charge in [0.05, 0.1) is 23.9 Å². The van der Waals surface area contributed by atoms with Crippen LogP contribution in [0.15, 0.2) is 73.1 Å². The number of H-pyrrole nitrogens is 1. The number of rotatable bonds is 7. The van der Waals surface area contributed by atoms with Crippen molar-refractivity contribution in [3.8, 4) is 22.3 Å². The lowest BCUT2D eigenvalue weighted by Gasteiger charge is -2.24. The molecule has 0 bridgehead atoms. The predicted octanol–water partition coefficient (Wildman–Crippen LogP) is 4.56. The molecule has 0 saturated carbocycles. The van der Waals surface area contributed by atoms with Crippen LogP contribution in [0.4, 0.5) is 14.5 Å². The molecule has 10 nitrogen and oxygen atoms in total. The lowest BCUT2D eigenvalue weighted by atomic mass is 10.0. The van der Waals surface area contributed by atoms with Crippen molar-refractivity contribution in [2.24, 2.45) is 5.73 Å². The Morgan fingerprint density at radius 1 is 1.07 bits per heavy atom. The molecule has 1 saturated heterocycles. The quantitative estimate of drug-likeness (QED) is 0.250. The van der Waals surface area contributed by atoms with Crippen molar-refractivity contribution in [1.82, 2.24) is 24.9 Å². The highest BCUT2D eigenvalue weighted by Crippen LogP contribution is 2.33. The van der Waals surface area contributed by atoms with E-state index in [1.807, 2.05) is 0 Å². The smallest absolute Gasteiger partial charge is 0.269 e. The fourth-order valence-corrected chi connectivity index (χ4v) is 5.57. The summed E-state index contributed by atoms with van der Waals surface area (Å²) in [6.45, 7) is -0.715. The molecule has 5 aromatic rings. The van der Waals surface area contributed by atoms with E-state index in [-0.39, 0.29) is 36.5 Å². The van der Waals surface area contributed by atoms with Gasteiger partial charge in [-0.05, 0) is 29.8 Å². The van der Waals surface area contributed by atoms with Crippen LogP contribution in [0.25, 0.3) is 33.2 Å². The summed E-state index contributed by atoms with van der Waals surface area (Å²) >= 11 is 6.24. The van der Waals surface area contributed by atoms with Crippen molar-refractivity contribution in [2.45, 2.75) is 25.2 Å². The summed E-state index contributed by atoms with van der Waals surface area (Å²) in [6, 6.07) is 15.1. The van der Waals surface area contributed by atoms with Gasteiger partial charge in [-0.1, -0.05) is 48.0 Å². The van der Waals surface area contributed by atoms with E-state index in [0.29, 0.717) is 21.5 Å². The third-order valence-corrected chi connectivity index (χ3v) is 7.72. The number of halogens is 3.